The molecule has 2 amide bonds. The summed E-state index contributed by atoms with van der Waals surface area (Å²) in [5.74, 6) is -0.874. The largest absolute Gasteiger partial charge is 0.350 e. The van der Waals surface area contributed by atoms with Crippen molar-refractivity contribution < 1.29 is 18.0 Å². The molecule has 1 unspecified atom stereocenters. The normalized spacial score (nSPS) is 12.0. The summed E-state index contributed by atoms with van der Waals surface area (Å²) in [5.41, 5.74) is 1.91. The highest BCUT2D eigenvalue weighted by atomic mass is 32.2. The lowest BCUT2D eigenvalue weighted by Crippen LogP contribution is -2.38. The molecule has 3 rings (SSSR count). The van der Waals surface area contributed by atoms with Crippen molar-refractivity contribution in [2.75, 3.05) is 16.2 Å². The lowest BCUT2D eigenvalue weighted by atomic mass is 10.1. The number of amides is 2. The number of carbonyl (C=O) groups excluding carboxylic acids is 2. The van der Waals surface area contributed by atoms with E-state index >= 15 is 0 Å². The van der Waals surface area contributed by atoms with E-state index in [1.54, 1.807) is 66.7 Å². The minimum absolute atomic E-state index is 0.0236. The van der Waals surface area contributed by atoms with E-state index in [-0.39, 0.29) is 16.8 Å². The lowest BCUT2D eigenvalue weighted by Gasteiger charge is -2.24. The van der Waals surface area contributed by atoms with Gasteiger partial charge in [0.25, 0.3) is 15.9 Å². The number of hydrogen-bond donors (Lipinski definition) is 2. The molecule has 0 spiro atoms. The molecule has 8 heteroatoms. The minimum atomic E-state index is -4.01. The molecule has 3 aromatic carbocycles. The summed E-state index contributed by atoms with van der Waals surface area (Å²) in [6, 6.07) is 21.5. The molecule has 0 aliphatic rings. The number of sulfonamides is 1. The van der Waals surface area contributed by atoms with Gasteiger partial charge in [-0.15, -0.1) is 0 Å². The Bertz CT molecular complexity index is 1240. The first kappa shape index (κ1) is 25.0. The van der Waals surface area contributed by atoms with Crippen LogP contribution in [0.1, 0.15) is 36.2 Å². The van der Waals surface area contributed by atoms with E-state index in [1.165, 1.54) is 12.1 Å². The Hall–Kier alpha value is -3.65. The molecule has 2 N–H and O–H groups in total. The average Bonchev–Trinajstić information content (AvgIpc) is 2.83. The Balaban J connectivity index is 1.88. The molecule has 7 nitrogen and oxygen atoms in total. The molecule has 0 fully saturated rings. The predicted octanol–water partition coefficient (Wildman–Crippen LogP) is 4.36. The van der Waals surface area contributed by atoms with Crippen LogP contribution in [0.3, 0.4) is 0 Å². The summed E-state index contributed by atoms with van der Waals surface area (Å²) in [7, 11) is -4.01. The number of para-hydroxylation sites is 2. The highest BCUT2D eigenvalue weighted by Gasteiger charge is 2.27. The number of rotatable bonds is 9. The van der Waals surface area contributed by atoms with E-state index in [1.807, 2.05) is 20.8 Å². The van der Waals surface area contributed by atoms with Crippen molar-refractivity contribution in [3.8, 4) is 0 Å². The predicted molar refractivity (Wildman–Crippen MR) is 134 cm³/mol. The van der Waals surface area contributed by atoms with Crippen LogP contribution in [-0.4, -0.2) is 32.8 Å². The van der Waals surface area contributed by atoms with Crippen LogP contribution in [0, 0.1) is 6.92 Å². The van der Waals surface area contributed by atoms with Crippen molar-refractivity contribution in [1.29, 1.82) is 0 Å². The number of aryl methyl sites for hydroxylation is 1. The first-order valence-electron chi connectivity index (χ1n) is 11.1. The molecule has 0 radical (unpaired) electrons. The van der Waals surface area contributed by atoms with E-state index in [0.717, 1.165) is 16.3 Å². The van der Waals surface area contributed by atoms with Crippen LogP contribution in [0.5, 0.6) is 0 Å². The second kappa shape index (κ2) is 11.0. The van der Waals surface area contributed by atoms with Crippen molar-refractivity contribution in [2.24, 2.45) is 0 Å². The van der Waals surface area contributed by atoms with Gasteiger partial charge >= 0.3 is 0 Å². The second-order valence-electron chi connectivity index (χ2n) is 8.04. The molecule has 0 bridgehead atoms. The summed E-state index contributed by atoms with van der Waals surface area (Å²) in [5, 5.41) is 5.59. The zero-order chi connectivity index (χ0) is 24.7. The molecule has 3 aromatic rings. The van der Waals surface area contributed by atoms with Crippen LogP contribution in [0.25, 0.3) is 0 Å². The van der Waals surface area contributed by atoms with Gasteiger partial charge in [0, 0.05) is 6.04 Å². The fourth-order valence-electron chi connectivity index (χ4n) is 3.26. The van der Waals surface area contributed by atoms with Crippen LogP contribution < -0.4 is 14.9 Å². The van der Waals surface area contributed by atoms with Gasteiger partial charge < -0.3 is 10.6 Å². The quantitative estimate of drug-likeness (QED) is 0.477. The first-order chi connectivity index (χ1) is 16.2. The zero-order valence-corrected chi connectivity index (χ0v) is 20.3. The maximum atomic E-state index is 13.4. The third-order valence-electron chi connectivity index (χ3n) is 5.38. The Labute approximate surface area is 200 Å². The highest BCUT2D eigenvalue weighted by Crippen LogP contribution is 2.24. The van der Waals surface area contributed by atoms with Crippen molar-refractivity contribution in [1.82, 2.24) is 5.32 Å². The number of carbonyl (C=O) groups is 2. The molecule has 0 saturated heterocycles. The van der Waals surface area contributed by atoms with E-state index in [9.17, 15) is 18.0 Å². The van der Waals surface area contributed by atoms with Gasteiger partial charge in [0.2, 0.25) is 5.91 Å². The van der Waals surface area contributed by atoms with Crippen molar-refractivity contribution in [2.45, 2.75) is 38.1 Å². The van der Waals surface area contributed by atoms with Gasteiger partial charge in [0.15, 0.2) is 0 Å². The SMILES string of the molecule is CCC(C)NC(=O)c1ccccc1NC(=O)CN(c1ccccc1)S(=O)(=O)c1ccc(C)cc1. The van der Waals surface area contributed by atoms with Crippen LogP contribution in [0.4, 0.5) is 11.4 Å². The third-order valence-corrected chi connectivity index (χ3v) is 7.16. The number of hydrogen-bond acceptors (Lipinski definition) is 4. The van der Waals surface area contributed by atoms with E-state index in [2.05, 4.69) is 10.6 Å². The molecule has 34 heavy (non-hydrogen) atoms. The summed E-state index contributed by atoms with van der Waals surface area (Å²) in [6.45, 7) is 5.27. The van der Waals surface area contributed by atoms with E-state index in [0.29, 0.717) is 16.9 Å². The average molecular weight is 480 g/mol. The minimum Gasteiger partial charge on any atom is -0.350 e. The first-order valence-corrected chi connectivity index (χ1v) is 12.5. The number of nitrogens with zero attached hydrogens (tertiary/aromatic N) is 1. The number of nitrogens with one attached hydrogen (secondary N) is 2. The molecular weight excluding hydrogens is 450 g/mol. The fourth-order valence-corrected chi connectivity index (χ4v) is 4.68. The van der Waals surface area contributed by atoms with E-state index < -0.39 is 22.5 Å². The zero-order valence-electron chi connectivity index (χ0n) is 19.5. The highest BCUT2D eigenvalue weighted by molar-refractivity contribution is 7.92. The molecular formula is C26H29N3O4S. The fraction of sp³-hybridized carbons (Fsp3) is 0.231. The number of benzene rings is 3. The summed E-state index contributed by atoms with van der Waals surface area (Å²) in [4.78, 5) is 25.8. The van der Waals surface area contributed by atoms with Gasteiger partial charge in [-0.2, -0.15) is 0 Å². The monoisotopic (exact) mass is 479 g/mol. The van der Waals surface area contributed by atoms with Gasteiger partial charge in [0.05, 0.1) is 21.8 Å². The topological polar surface area (TPSA) is 95.6 Å². The van der Waals surface area contributed by atoms with Gasteiger partial charge in [-0.3, -0.25) is 13.9 Å². The van der Waals surface area contributed by atoms with Gasteiger partial charge in [-0.1, -0.05) is 55.0 Å². The summed E-state index contributed by atoms with van der Waals surface area (Å²) in [6.07, 6.45) is 0.767. The van der Waals surface area contributed by atoms with Crippen molar-refractivity contribution in [3.05, 3.63) is 90.0 Å². The maximum absolute atomic E-state index is 13.4. The van der Waals surface area contributed by atoms with Gasteiger partial charge in [-0.25, -0.2) is 8.42 Å². The second-order valence-corrected chi connectivity index (χ2v) is 9.90. The molecule has 178 valence electrons. The summed E-state index contributed by atoms with van der Waals surface area (Å²) >= 11 is 0. The molecule has 0 aliphatic carbocycles. The Morgan fingerprint density at radius 3 is 2.18 bits per heavy atom. The standard InChI is InChI=1S/C26H29N3O4S/c1-4-20(3)27-26(31)23-12-8-9-13-24(23)28-25(30)18-29(21-10-6-5-7-11-21)34(32,33)22-16-14-19(2)15-17-22/h5-17,20H,4,18H2,1-3H3,(H,27,31)(H,28,30). The van der Waals surface area contributed by atoms with Gasteiger partial charge in [0.1, 0.15) is 6.54 Å². The van der Waals surface area contributed by atoms with Crippen LogP contribution in [0.15, 0.2) is 83.8 Å². The van der Waals surface area contributed by atoms with Crippen molar-refractivity contribution in [3.63, 3.8) is 0 Å². The molecule has 0 heterocycles. The number of anilines is 2. The molecule has 0 saturated carbocycles. The molecule has 1 atom stereocenters. The summed E-state index contributed by atoms with van der Waals surface area (Å²) < 4.78 is 28.0. The van der Waals surface area contributed by atoms with Crippen LogP contribution in [-0.2, 0) is 14.8 Å². The van der Waals surface area contributed by atoms with Gasteiger partial charge in [-0.05, 0) is 56.7 Å². The Morgan fingerprint density at radius 2 is 1.53 bits per heavy atom. The smallest absolute Gasteiger partial charge is 0.264 e. The Morgan fingerprint density at radius 1 is 0.912 bits per heavy atom. The van der Waals surface area contributed by atoms with E-state index in [4.69, 9.17) is 0 Å². The third kappa shape index (κ3) is 6.02. The molecule has 0 aliphatic heterocycles. The molecule has 0 aromatic heterocycles. The lowest BCUT2D eigenvalue weighted by molar-refractivity contribution is -0.114. The van der Waals surface area contributed by atoms with Crippen LogP contribution in [0.2, 0.25) is 0 Å². The van der Waals surface area contributed by atoms with Crippen molar-refractivity contribution >= 4 is 33.2 Å². The Kier molecular flexibility index (Phi) is 8.07. The maximum Gasteiger partial charge on any atom is 0.264 e. The van der Waals surface area contributed by atoms with Crippen LogP contribution >= 0.6 is 0 Å².